The fourth-order valence-electron chi connectivity index (χ4n) is 1.42. The maximum absolute atomic E-state index is 10.9. The van der Waals surface area contributed by atoms with Gasteiger partial charge in [0.25, 0.3) is 0 Å². The SMILES string of the molecule is NCCC(Cc1ccc(Cl)cc1)C(=O)O. The molecule has 0 aliphatic rings. The third-order valence-electron chi connectivity index (χ3n) is 2.26. The molecule has 0 aliphatic carbocycles. The molecule has 0 fully saturated rings. The summed E-state index contributed by atoms with van der Waals surface area (Å²) in [6.07, 6.45) is 1.00. The van der Waals surface area contributed by atoms with Crippen molar-refractivity contribution in [3.63, 3.8) is 0 Å². The summed E-state index contributed by atoms with van der Waals surface area (Å²) in [6, 6.07) is 7.21. The molecule has 1 aromatic rings. The Kier molecular flexibility index (Phi) is 4.59. The fraction of sp³-hybridized carbons (Fsp3) is 0.364. The summed E-state index contributed by atoms with van der Waals surface area (Å²) in [7, 11) is 0. The van der Waals surface area contributed by atoms with Crippen LogP contribution >= 0.6 is 11.6 Å². The molecule has 0 heterocycles. The molecular weight excluding hydrogens is 214 g/mol. The van der Waals surface area contributed by atoms with Crippen LogP contribution in [-0.2, 0) is 11.2 Å². The highest BCUT2D eigenvalue weighted by Crippen LogP contribution is 2.15. The number of nitrogens with two attached hydrogens (primary N) is 1. The van der Waals surface area contributed by atoms with Crippen molar-refractivity contribution in [2.75, 3.05) is 6.54 Å². The minimum Gasteiger partial charge on any atom is -0.481 e. The van der Waals surface area contributed by atoms with Crippen molar-refractivity contribution >= 4 is 17.6 Å². The summed E-state index contributed by atoms with van der Waals surface area (Å²) >= 11 is 5.74. The summed E-state index contributed by atoms with van der Waals surface area (Å²) in [5.74, 6) is -1.20. The zero-order valence-electron chi connectivity index (χ0n) is 8.32. The number of hydrogen-bond acceptors (Lipinski definition) is 2. The van der Waals surface area contributed by atoms with E-state index in [2.05, 4.69) is 0 Å². The Morgan fingerprint density at radius 3 is 2.47 bits per heavy atom. The van der Waals surface area contributed by atoms with E-state index in [0.717, 1.165) is 5.56 Å². The quantitative estimate of drug-likeness (QED) is 0.808. The van der Waals surface area contributed by atoms with Gasteiger partial charge in [-0.05, 0) is 37.1 Å². The van der Waals surface area contributed by atoms with Crippen LogP contribution < -0.4 is 5.73 Å². The van der Waals surface area contributed by atoms with Gasteiger partial charge in [0.15, 0.2) is 0 Å². The first-order valence-electron chi connectivity index (χ1n) is 4.81. The highest BCUT2D eigenvalue weighted by molar-refractivity contribution is 6.30. The highest BCUT2D eigenvalue weighted by atomic mass is 35.5. The fourth-order valence-corrected chi connectivity index (χ4v) is 1.55. The van der Waals surface area contributed by atoms with Gasteiger partial charge in [0, 0.05) is 5.02 Å². The van der Waals surface area contributed by atoms with Crippen LogP contribution in [0.1, 0.15) is 12.0 Å². The Morgan fingerprint density at radius 2 is 2.00 bits per heavy atom. The van der Waals surface area contributed by atoms with Gasteiger partial charge in [0.2, 0.25) is 0 Å². The summed E-state index contributed by atoms with van der Waals surface area (Å²) in [5.41, 5.74) is 6.33. The predicted molar refractivity (Wildman–Crippen MR) is 60.0 cm³/mol. The number of rotatable bonds is 5. The molecule has 0 saturated carbocycles. The van der Waals surface area contributed by atoms with Gasteiger partial charge in [-0.2, -0.15) is 0 Å². The van der Waals surface area contributed by atoms with E-state index in [-0.39, 0.29) is 0 Å². The molecule has 0 spiro atoms. The van der Waals surface area contributed by atoms with Gasteiger partial charge in [-0.3, -0.25) is 4.79 Å². The van der Waals surface area contributed by atoms with E-state index in [0.29, 0.717) is 24.4 Å². The zero-order chi connectivity index (χ0) is 11.3. The lowest BCUT2D eigenvalue weighted by Gasteiger charge is -2.10. The Hall–Kier alpha value is -1.06. The summed E-state index contributed by atoms with van der Waals surface area (Å²) < 4.78 is 0. The van der Waals surface area contributed by atoms with Crippen LogP contribution in [0.2, 0.25) is 5.02 Å². The molecule has 1 atom stereocenters. The summed E-state index contributed by atoms with van der Waals surface area (Å²) in [4.78, 5) is 10.9. The van der Waals surface area contributed by atoms with Gasteiger partial charge in [-0.1, -0.05) is 23.7 Å². The maximum Gasteiger partial charge on any atom is 0.306 e. The summed E-state index contributed by atoms with van der Waals surface area (Å²) in [6.45, 7) is 0.393. The number of carboxylic acid groups (broad SMARTS) is 1. The van der Waals surface area contributed by atoms with Crippen molar-refractivity contribution in [1.29, 1.82) is 0 Å². The first-order valence-corrected chi connectivity index (χ1v) is 5.18. The predicted octanol–water partition coefficient (Wildman–Crippen LogP) is 1.93. The second-order valence-corrected chi connectivity index (χ2v) is 3.88. The smallest absolute Gasteiger partial charge is 0.306 e. The van der Waals surface area contributed by atoms with Gasteiger partial charge in [-0.25, -0.2) is 0 Å². The van der Waals surface area contributed by atoms with Crippen molar-refractivity contribution in [3.05, 3.63) is 34.9 Å². The normalized spacial score (nSPS) is 12.4. The third kappa shape index (κ3) is 3.90. The number of halogens is 1. The molecular formula is C11H14ClNO2. The molecule has 15 heavy (non-hydrogen) atoms. The van der Waals surface area contributed by atoms with Crippen LogP contribution in [0.4, 0.5) is 0 Å². The van der Waals surface area contributed by atoms with Crippen LogP contribution in [0, 0.1) is 5.92 Å². The van der Waals surface area contributed by atoms with Crippen LogP contribution in [0.15, 0.2) is 24.3 Å². The minimum absolute atomic E-state index is 0.393. The topological polar surface area (TPSA) is 63.3 Å². The van der Waals surface area contributed by atoms with Crippen LogP contribution in [-0.4, -0.2) is 17.6 Å². The van der Waals surface area contributed by atoms with E-state index in [1.165, 1.54) is 0 Å². The molecule has 1 rings (SSSR count). The van der Waals surface area contributed by atoms with E-state index in [1.807, 2.05) is 12.1 Å². The second-order valence-electron chi connectivity index (χ2n) is 3.44. The molecule has 0 aliphatic heterocycles. The number of carboxylic acids is 1. The van der Waals surface area contributed by atoms with Crippen molar-refractivity contribution in [1.82, 2.24) is 0 Å². The van der Waals surface area contributed by atoms with E-state index >= 15 is 0 Å². The molecule has 0 radical (unpaired) electrons. The van der Waals surface area contributed by atoms with E-state index in [9.17, 15) is 4.79 Å². The van der Waals surface area contributed by atoms with Gasteiger partial charge in [0.05, 0.1) is 5.92 Å². The van der Waals surface area contributed by atoms with Crippen LogP contribution in [0.5, 0.6) is 0 Å². The zero-order valence-corrected chi connectivity index (χ0v) is 9.07. The lowest BCUT2D eigenvalue weighted by Crippen LogP contribution is -2.20. The monoisotopic (exact) mass is 227 g/mol. The number of carbonyl (C=O) groups is 1. The third-order valence-corrected chi connectivity index (χ3v) is 2.51. The Balaban J connectivity index is 2.65. The van der Waals surface area contributed by atoms with Gasteiger partial charge in [0.1, 0.15) is 0 Å². The Bertz CT molecular complexity index is 324. The molecule has 0 aromatic heterocycles. The Labute approximate surface area is 93.9 Å². The molecule has 0 amide bonds. The number of aliphatic carboxylic acids is 1. The van der Waals surface area contributed by atoms with Crippen LogP contribution in [0.3, 0.4) is 0 Å². The number of benzene rings is 1. The summed E-state index contributed by atoms with van der Waals surface area (Å²) in [5, 5.41) is 9.60. The first kappa shape index (κ1) is 12.0. The molecule has 0 bridgehead atoms. The Morgan fingerprint density at radius 1 is 1.40 bits per heavy atom. The van der Waals surface area contributed by atoms with Gasteiger partial charge < -0.3 is 10.8 Å². The van der Waals surface area contributed by atoms with Crippen molar-refractivity contribution in [2.45, 2.75) is 12.8 Å². The molecule has 1 unspecified atom stereocenters. The standard InChI is InChI=1S/C11H14ClNO2/c12-10-3-1-8(2-4-10)7-9(5-6-13)11(14)15/h1-4,9H,5-7,13H2,(H,14,15). The molecule has 3 nitrogen and oxygen atoms in total. The van der Waals surface area contributed by atoms with Crippen molar-refractivity contribution in [3.8, 4) is 0 Å². The molecule has 1 aromatic carbocycles. The minimum atomic E-state index is -0.796. The van der Waals surface area contributed by atoms with E-state index in [4.69, 9.17) is 22.4 Å². The molecule has 0 saturated heterocycles. The van der Waals surface area contributed by atoms with Gasteiger partial charge in [-0.15, -0.1) is 0 Å². The van der Waals surface area contributed by atoms with Crippen LogP contribution in [0.25, 0.3) is 0 Å². The lowest BCUT2D eigenvalue weighted by molar-refractivity contribution is -0.141. The highest BCUT2D eigenvalue weighted by Gasteiger charge is 2.16. The van der Waals surface area contributed by atoms with Crippen molar-refractivity contribution < 1.29 is 9.90 Å². The molecule has 4 heteroatoms. The van der Waals surface area contributed by atoms with E-state index in [1.54, 1.807) is 12.1 Å². The first-order chi connectivity index (χ1) is 7.13. The van der Waals surface area contributed by atoms with Crippen molar-refractivity contribution in [2.24, 2.45) is 11.7 Å². The second kappa shape index (κ2) is 5.73. The molecule has 82 valence electrons. The average Bonchev–Trinajstić information content (AvgIpc) is 2.20. The van der Waals surface area contributed by atoms with E-state index < -0.39 is 11.9 Å². The van der Waals surface area contributed by atoms with Gasteiger partial charge >= 0.3 is 5.97 Å². The maximum atomic E-state index is 10.9. The number of hydrogen-bond donors (Lipinski definition) is 2. The largest absolute Gasteiger partial charge is 0.481 e. The molecule has 3 N–H and O–H groups in total. The lowest BCUT2D eigenvalue weighted by atomic mass is 9.96. The average molecular weight is 228 g/mol.